The van der Waals surface area contributed by atoms with Crippen molar-refractivity contribution in [2.45, 2.75) is 0 Å². The van der Waals surface area contributed by atoms with Crippen LogP contribution in [0.5, 0.6) is 0 Å². The van der Waals surface area contributed by atoms with Crippen LogP contribution in [0.2, 0.25) is 0 Å². The predicted molar refractivity (Wildman–Crippen MR) is 216 cm³/mol. The Labute approximate surface area is 301 Å². The molecule has 242 valence electrons. The molecular weight excluding hydrogens is 631 g/mol. The molecule has 0 saturated carbocycles. The van der Waals surface area contributed by atoms with Crippen LogP contribution in [0.4, 0.5) is 0 Å². The van der Waals surface area contributed by atoms with Crippen molar-refractivity contribution >= 4 is 43.6 Å². The Morgan fingerprint density at radius 1 is 0.308 bits per heavy atom. The van der Waals surface area contributed by atoms with Gasteiger partial charge in [0.15, 0.2) is 0 Å². The average Bonchev–Trinajstić information content (AvgIpc) is 3.73. The van der Waals surface area contributed by atoms with E-state index >= 15 is 0 Å². The fourth-order valence-corrected chi connectivity index (χ4v) is 7.89. The number of rotatable bonds is 5. The summed E-state index contributed by atoms with van der Waals surface area (Å²) in [7, 11) is 0. The average molecular weight is 662 g/mol. The maximum atomic E-state index is 9.87. The van der Waals surface area contributed by atoms with Crippen LogP contribution in [0.25, 0.3) is 88.4 Å². The van der Waals surface area contributed by atoms with E-state index in [-0.39, 0.29) is 0 Å². The molecule has 3 heteroatoms. The van der Waals surface area contributed by atoms with Gasteiger partial charge in [-0.05, 0) is 106 Å². The van der Waals surface area contributed by atoms with Crippen molar-refractivity contribution in [1.29, 1.82) is 5.26 Å². The summed E-state index contributed by atoms with van der Waals surface area (Å²) >= 11 is 0. The Bertz CT molecular complexity index is 3010. The molecule has 2 heterocycles. The van der Waals surface area contributed by atoms with Crippen LogP contribution in [0.3, 0.4) is 0 Å². The van der Waals surface area contributed by atoms with E-state index in [4.69, 9.17) is 0 Å². The van der Waals surface area contributed by atoms with Gasteiger partial charge in [0.2, 0.25) is 0 Å². The number of nitrogens with zero attached hydrogens (tertiary/aromatic N) is 3. The summed E-state index contributed by atoms with van der Waals surface area (Å²) in [5, 5.41) is 14.5. The molecule has 10 aromatic rings. The van der Waals surface area contributed by atoms with Crippen LogP contribution in [0, 0.1) is 11.3 Å². The maximum Gasteiger partial charge on any atom is 0.0991 e. The van der Waals surface area contributed by atoms with E-state index in [0.717, 1.165) is 49.9 Å². The molecule has 0 N–H and O–H groups in total. The highest BCUT2D eigenvalue weighted by Crippen LogP contribution is 2.39. The van der Waals surface area contributed by atoms with Gasteiger partial charge in [0, 0.05) is 32.9 Å². The Morgan fingerprint density at radius 2 is 0.731 bits per heavy atom. The molecule has 0 atom stereocenters. The second-order valence-electron chi connectivity index (χ2n) is 13.3. The zero-order chi connectivity index (χ0) is 34.6. The SMILES string of the molecule is N#Cc1ccc2c(c1)c1cc(-c3ccc4c(c3)c3ccccc3n4-c3cccc(-c4ccccc4)c3)ccc1n2-c1cccc(-c2ccccc2)c1. The summed E-state index contributed by atoms with van der Waals surface area (Å²) in [4.78, 5) is 0. The molecule has 0 fully saturated rings. The number of aromatic nitrogens is 2. The predicted octanol–water partition coefficient (Wildman–Crippen LogP) is 12.8. The highest BCUT2D eigenvalue weighted by Gasteiger charge is 2.17. The van der Waals surface area contributed by atoms with E-state index in [1.54, 1.807) is 0 Å². The van der Waals surface area contributed by atoms with Gasteiger partial charge in [0.25, 0.3) is 0 Å². The molecular formula is C49H31N3. The zero-order valence-electron chi connectivity index (χ0n) is 28.2. The van der Waals surface area contributed by atoms with Gasteiger partial charge in [-0.15, -0.1) is 0 Å². The van der Waals surface area contributed by atoms with Crippen LogP contribution in [-0.2, 0) is 0 Å². The van der Waals surface area contributed by atoms with E-state index in [1.807, 2.05) is 18.2 Å². The van der Waals surface area contributed by atoms with E-state index in [0.29, 0.717) is 5.56 Å². The quantitative estimate of drug-likeness (QED) is 0.181. The largest absolute Gasteiger partial charge is 0.309 e. The summed E-state index contributed by atoms with van der Waals surface area (Å²) in [5.41, 5.74) is 14.4. The number of nitriles is 1. The van der Waals surface area contributed by atoms with Gasteiger partial charge in [0.1, 0.15) is 0 Å². The maximum absolute atomic E-state index is 9.87. The minimum atomic E-state index is 0.653. The van der Waals surface area contributed by atoms with Gasteiger partial charge >= 0.3 is 0 Å². The second-order valence-corrected chi connectivity index (χ2v) is 13.3. The van der Waals surface area contributed by atoms with Crippen molar-refractivity contribution in [2.75, 3.05) is 0 Å². The van der Waals surface area contributed by atoms with E-state index < -0.39 is 0 Å². The first-order valence-electron chi connectivity index (χ1n) is 17.6. The van der Waals surface area contributed by atoms with Gasteiger partial charge in [-0.1, -0.05) is 115 Å². The lowest BCUT2D eigenvalue weighted by Gasteiger charge is -2.11. The normalized spacial score (nSPS) is 11.4. The zero-order valence-corrected chi connectivity index (χ0v) is 28.2. The summed E-state index contributed by atoms with van der Waals surface area (Å²) in [6.07, 6.45) is 0. The topological polar surface area (TPSA) is 33.6 Å². The highest BCUT2D eigenvalue weighted by atomic mass is 15.0. The summed E-state index contributed by atoms with van der Waals surface area (Å²) < 4.78 is 4.70. The first kappa shape index (κ1) is 29.7. The van der Waals surface area contributed by atoms with Crippen LogP contribution >= 0.6 is 0 Å². The Hall–Kier alpha value is -7.15. The van der Waals surface area contributed by atoms with Crippen LogP contribution in [0.1, 0.15) is 5.56 Å². The highest BCUT2D eigenvalue weighted by molar-refractivity contribution is 6.13. The van der Waals surface area contributed by atoms with E-state index in [9.17, 15) is 5.26 Å². The molecule has 0 saturated heterocycles. The number of fused-ring (bicyclic) bond motifs is 6. The minimum Gasteiger partial charge on any atom is -0.309 e. The van der Waals surface area contributed by atoms with Crippen LogP contribution in [-0.4, -0.2) is 9.13 Å². The van der Waals surface area contributed by atoms with Crippen molar-refractivity contribution in [3.63, 3.8) is 0 Å². The van der Waals surface area contributed by atoms with Gasteiger partial charge in [0.05, 0.1) is 33.7 Å². The smallest absolute Gasteiger partial charge is 0.0991 e. The first-order valence-corrected chi connectivity index (χ1v) is 17.6. The van der Waals surface area contributed by atoms with Gasteiger partial charge < -0.3 is 9.13 Å². The Morgan fingerprint density at radius 3 is 1.29 bits per heavy atom. The molecule has 0 aliphatic carbocycles. The van der Waals surface area contributed by atoms with Gasteiger partial charge in [-0.3, -0.25) is 0 Å². The number of hydrogen-bond acceptors (Lipinski definition) is 1. The minimum absolute atomic E-state index is 0.653. The molecule has 10 rings (SSSR count). The molecule has 0 amide bonds. The molecule has 0 spiro atoms. The third kappa shape index (κ3) is 4.81. The summed E-state index contributed by atoms with van der Waals surface area (Å²) in [6.45, 7) is 0. The third-order valence-corrected chi connectivity index (χ3v) is 10.3. The summed E-state index contributed by atoms with van der Waals surface area (Å²) in [5.74, 6) is 0. The number of para-hydroxylation sites is 1. The van der Waals surface area contributed by atoms with Crippen molar-refractivity contribution in [3.05, 3.63) is 194 Å². The lowest BCUT2D eigenvalue weighted by molar-refractivity contribution is 1.18. The van der Waals surface area contributed by atoms with Crippen LogP contribution < -0.4 is 0 Å². The van der Waals surface area contributed by atoms with E-state index in [1.165, 1.54) is 38.5 Å². The summed E-state index contributed by atoms with van der Waals surface area (Å²) in [6, 6.07) is 69.2. The molecule has 0 unspecified atom stereocenters. The molecule has 2 aromatic heterocycles. The van der Waals surface area contributed by atoms with Gasteiger partial charge in [-0.2, -0.15) is 5.26 Å². The van der Waals surface area contributed by atoms with E-state index in [2.05, 4.69) is 185 Å². The fraction of sp³-hybridized carbons (Fsp3) is 0. The molecule has 0 radical (unpaired) electrons. The lowest BCUT2D eigenvalue weighted by Crippen LogP contribution is -1.94. The van der Waals surface area contributed by atoms with Crippen molar-refractivity contribution in [1.82, 2.24) is 9.13 Å². The molecule has 3 nitrogen and oxygen atoms in total. The Balaban J connectivity index is 1.14. The van der Waals surface area contributed by atoms with Crippen molar-refractivity contribution in [3.8, 4) is 50.8 Å². The number of hydrogen-bond donors (Lipinski definition) is 0. The third-order valence-electron chi connectivity index (χ3n) is 10.3. The molecule has 0 bridgehead atoms. The molecule has 0 aliphatic heterocycles. The number of benzene rings is 8. The van der Waals surface area contributed by atoms with Crippen molar-refractivity contribution < 1.29 is 0 Å². The first-order chi connectivity index (χ1) is 25.7. The fourth-order valence-electron chi connectivity index (χ4n) is 7.89. The van der Waals surface area contributed by atoms with Gasteiger partial charge in [-0.25, -0.2) is 0 Å². The standard InChI is InChI=1S/C49H31N3/c50-32-33-21-24-47-43(27-33)45-31-39(23-26-49(45)52(47)41-18-10-16-37(29-41)35-13-5-2-6-14-35)38-22-25-48-44(30-38)42-19-7-8-20-46(42)51(48)40-17-9-15-36(28-40)34-11-3-1-4-12-34/h1-31H. The molecule has 0 aliphatic rings. The van der Waals surface area contributed by atoms with Crippen molar-refractivity contribution in [2.24, 2.45) is 0 Å². The lowest BCUT2D eigenvalue weighted by atomic mass is 10.00. The second kappa shape index (κ2) is 12.0. The molecule has 8 aromatic carbocycles. The monoisotopic (exact) mass is 661 g/mol. The Kier molecular flexibility index (Phi) is 6.87. The van der Waals surface area contributed by atoms with Crippen LogP contribution in [0.15, 0.2) is 188 Å². The molecule has 52 heavy (non-hydrogen) atoms.